The van der Waals surface area contributed by atoms with Gasteiger partial charge in [-0.3, -0.25) is 0 Å². The number of hydrogen-bond acceptors (Lipinski definition) is 2. The molecule has 0 spiro atoms. The Hall–Kier alpha value is -1.09. The van der Waals surface area contributed by atoms with E-state index in [4.69, 9.17) is 22.7 Å². The van der Waals surface area contributed by atoms with Crippen LogP contribution in [0.15, 0.2) is 24.3 Å². The van der Waals surface area contributed by atoms with E-state index in [0.29, 0.717) is 11.4 Å². The Bertz CT molecular complexity index is 325. The summed E-state index contributed by atoms with van der Waals surface area (Å²) in [5, 5.41) is 0. The summed E-state index contributed by atoms with van der Waals surface area (Å²) in [6.45, 7) is 3.98. The van der Waals surface area contributed by atoms with E-state index in [-0.39, 0.29) is 6.10 Å². The lowest BCUT2D eigenvalue weighted by atomic mass is 10.2. The summed E-state index contributed by atoms with van der Waals surface area (Å²) >= 11 is 4.82. The van der Waals surface area contributed by atoms with Gasteiger partial charge in [-0.2, -0.15) is 0 Å². The molecule has 0 aliphatic heterocycles. The number of thiocarbonyl (C=S) groups is 1. The van der Waals surface area contributed by atoms with E-state index in [2.05, 4.69) is 0 Å². The fourth-order valence-corrected chi connectivity index (χ4v) is 1.47. The van der Waals surface area contributed by atoms with Crippen LogP contribution < -0.4 is 10.5 Å². The summed E-state index contributed by atoms with van der Waals surface area (Å²) in [7, 11) is 0. The lowest BCUT2D eigenvalue weighted by Crippen LogP contribution is -2.21. The molecule has 0 fully saturated rings. The predicted molar refractivity (Wildman–Crippen MR) is 62.7 cm³/mol. The van der Waals surface area contributed by atoms with Crippen molar-refractivity contribution in [1.82, 2.24) is 0 Å². The highest BCUT2D eigenvalue weighted by molar-refractivity contribution is 7.80. The van der Waals surface area contributed by atoms with Crippen LogP contribution in [0.2, 0.25) is 0 Å². The maximum Gasteiger partial charge on any atom is 0.122 e. The second kappa shape index (κ2) is 4.96. The first-order chi connectivity index (χ1) is 6.59. The van der Waals surface area contributed by atoms with Crippen LogP contribution in [-0.4, -0.2) is 11.1 Å². The lowest BCUT2D eigenvalue weighted by molar-refractivity contribution is 0.229. The first-order valence-electron chi connectivity index (χ1n) is 4.60. The third-order valence-corrected chi connectivity index (χ3v) is 2.08. The molecule has 1 atom stereocenters. The van der Waals surface area contributed by atoms with Gasteiger partial charge in [0.15, 0.2) is 0 Å². The van der Waals surface area contributed by atoms with Crippen molar-refractivity contribution in [2.24, 2.45) is 5.73 Å². The first-order valence-corrected chi connectivity index (χ1v) is 5.01. The van der Waals surface area contributed by atoms with Gasteiger partial charge in [-0.15, -0.1) is 0 Å². The van der Waals surface area contributed by atoms with Crippen LogP contribution in [0.5, 0.6) is 5.75 Å². The quantitative estimate of drug-likeness (QED) is 0.774. The molecule has 0 saturated carbocycles. The zero-order valence-electron chi connectivity index (χ0n) is 8.49. The number of para-hydroxylation sites is 1. The smallest absolute Gasteiger partial charge is 0.122 e. The Labute approximate surface area is 90.1 Å². The van der Waals surface area contributed by atoms with Gasteiger partial charge in [0.05, 0.1) is 4.99 Å². The summed E-state index contributed by atoms with van der Waals surface area (Å²) in [6, 6.07) is 7.91. The molecule has 1 rings (SSSR count). The van der Waals surface area contributed by atoms with Crippen LogP contribution in [-0.2, 0) is 0 Å². The summed E-state index contributed by atoms with van der Waals surface area (Å²) < 4.78 is 5.69. The molecule has 0 saturated heterocycles. The highest BCUT2D eigenvalue weighted by Gasteiger charge is 2.06. The van der Waals surface area contributed by atoms with Crippen molar-refractivity contribution in [3.63, 3.8) is 0 Å². The standard InChI is InChI=1S/C11H15NOS/c1-8-5-3-4-6-10(8)13-9(2)7-11(12)14/h3-6,9H,7H2,1-2H3,(H2,12,14). The monoisotopic (exact) mass is 209 g/mol. The van der Waals surface area contributed by atoms with Crippen LogP contribution in [0.25, 0.3) is 0 Å². The molecule has 1 unspecified atom stereocenters. The van der Waals surface area contributed by atoms with Crippen molar-refractivity contribution >= 4 is 17.2 Å². The van der Waals surface area contributed by atoms with Crippen molar-refractivity contribution < 1.29 is 4.74 Å². The molecule has 0 bridgehead atoms. The number of nitrogens with two attached hydrogens (primary N) is 1. The molecule has 0 aromatic heterocycles. The third-order valence-electron chi connectivity index (χ3n) is 1.91. The SMILES string of the molecule is Cc1ccccc1OC(C)CC(N)=S. The topological polar surface area (TPSA) is 35.2 Å². The van der Waals surface area contributed by atoms with Gasteiger partial charge in [0, 0.05) is 6.42 Å². The van der Waals surface area contributed by atoms with Gasteiger partial charge in [-0.25, -0.2) is 0 Å². The van der Waals surface area contributed by atoms with E-state index in [1.807, 2.05) is 38.1 Å². The van der Waals surface area contributed by atoms with Crippen LogP contribution in [0.4, 0.5) is 0 Å². The van der Waals surface area contributed by atoms with Crippen molar-refractivity contribution in [3.8, 4) is 5.75 Å². The largest absolute Gasteiger partial charge is 0.490 e. The molecule has 0 heterocycles. The molecule has 76 valence electrons. The molecule has 0 aliphatic rings. The van der Waals surface area contributed by atoms with Crippen molar-refractivity contribution in [3.05, 3.63) is 29.8 Å². The highest BCUT2D eigenvalue weighted by Crippen LogP contribution is 2.18. The highest BCUT2D eigenvalue weighted by atomic mass is 32.1. The normalized spacial score (nSPS) is 12.1. The lowest BCUT2D eigenvalue weighted by Gasteiger charge is -2.15. The van der Waals surface area contributed by atoms with E-state index in [1.54, 1.807) is 0 Å². The number of ether oxygens (including phenoxy) is 1. The number of aryl methyl sites for hydroxylation is 1. The minimum atomic E-state index is 0.0357. The summed E-state index contributed by atoms with van der Waals surface area (Å²) in [4.78, 5) is 0.492. The third kappa shape index (κ3) is 3.34. The summed E-state index contributed by atoms with van der Waals surface area (Å²) in [5.41, 5.74) is 6.56. The molecular formula is C11H15NOS. The van der Waals surface area contributed by atoms with Crippen LogP contribution in [0.1, 0.15) is 18.9 Å². The first kappa shape index (κ1) is 11.0. The Kier molecular flexibility index (Phi) is 3.89. The average molecular weight is 209 g/mol. The Morgan fingerprint density at radius 3 is 2.71 bits per heavy atom. The maximum absolute atomic E-state index is 5.69. The van der Waals surface area contributed by atoms with E-state index in [0.717, 1.165) is 11.3 Å². The van der Waals surface area contributed by atoms with Crippen molar-refractivity contribution in [2.75, 3.05) is 0 Å². The molecule has 0 aliphatic carbocycles. The Balaban J connectivity index is 2.60. The molecule has 2 nitrogen and oxygen atoms in total. The van der Waals surface area contributed by atoms with E-state index >= 15 is 0 Å². The summed E-state index contributed by atoms with van der Waals surface area (Å²) in [6.07, 6.45) is 0.650. The number of benzene rings is 1. The second-order valence-corrected chi connectivity index (χ2v) is 3.89. The van der Waals surface area contributed by atoms with E-state index in [1.165, 1.54) is 0 Å². The molecule has 3 heteroatoms. The van der Waals surface area contributed by atoms with E-state index < -0.39 is 0 Å². The van der Waals surface area contributed by atoms with Gasteiger partial charge >= 0.3 is 0 Å². The van der Waals surface area contributed by atoms with Crippen LogP contribution >= 0.6 is 12.2 Å². The molecule has 14 heavy (non-hydrogen) atoms. The minimum absolute atomic E-state index is 0.0357. The molecular weight excluding hydrogens is 194 g/mol. The molecule has 1 aromatic carbocycles. The molecule has 0 amide bonds. The minimum Gasteiger partial charge on any atom is -0.490 e. The predicted octanol–water partition coefficient (Wildman–Crippen LogP) is 2.44. The summed E-state index contributed by atoms with van der Waals surface area (Å²) in [5.74, 6) is 0.899. The van der Waals surface area contributed by atoms with Gasteiger partial charge in [-0.05, 0) is 25.5 Å². The Morgan fingerprint density at radius 1 is 1.50 bits per heavy atom. The van der Waals surface area contributed by atoms with Gasteiger partial charge < -0.3 is 10.5 Å². The van der Waals surface area contributed by atoms with Gasteiger partial charge in [0.1, 0.15) is 11.9 Å². The fourth-order valence-electron chi connectivity index (χ4n) is 1.23. The van der Waals surface area contributed by atoms with Crippen LogP contribution in [0, 0.1) is 6.92 Å². The zero-order chi connectivity index (χ0) is 10.6. The maximum atomic E-state index is 5.69. The van der Waals surface area contributed by atoms with Gasteiger partial charge in [-0.1, -0.05) is 30.4 Å². The van der Waals surface area contributed by atoms with Gasteiger partial charge in [0.25, 0.3) is 0 Å². The molecule has 2 N–H and O–H groups in total. The number of rotatable bonds is 4. The van der Waals surface area contributed by atoms with E-state index in [9.17, 15) is 0 Å². The van der Waals surface area contributed by atoms with Crippen molar-refractivity contribution in [1.29, 1.82) is 0 Å². The Morgan fingerprint density at radius 2 is 2.14 bits per heavy atom. The van der Waals surface area contributed by atoms with Gasteiger partial charge in [0.2, 0.25) is 0 Å². The number of hydrogen-bond donors (Lipinski definition) is 1. The second-order valence-electron chi connectivity index (χ2n) is 3.36. The molecule has 1 aromatic rings. The average Bonchev–Trinajstić information content (AvgIpc) is 2.07. The van der Waals surface area contributed by atoms with Crippen molar-refractivity contribution in [2.45, 2.75) is 26.4 Å². The zero-order valence-corrected chi connectivity index (χ0v) is 9.30. The fraction of sp³-hybridized carbons (Fsp3) is 0.364. The van der Waals surface area contributed by atoms with Crippen LogP contribution in [0.3, 0.4) is 0 Å². The molecule has 0 radical (unpaired) electrons.